The van der Waals surface area contributed by atoms with Gasteiger partial charge in [-0.25, -0.2) is 4.57 Å². The molecule has 0 aliphatic carbocycles. The Morgan fingerprint density at radius 1 is 0.620 bits per heavy atom. The Balaban J connectivity index is 4.29. The van der Waals surface area contributed by atoms with Crippen molar-refractivity contribution in [3.8, 4) is 0 Å². The van der Waals surface area contributed by atoms with E-state index in [1.54, 1.807) is 0 Å². The largest absolute Gasteiger partial charge is 0.472 e. The van der Waals surface area contributed by atoms with Gasteiger partial charge in [0.2, 0.25) is 0 Å². The summed E-state index contributed by atoms with van der Waals surface area (Å²) in [6, 6.07) is 0. The zero-order chi connectivity index (χ0) is 37.2. The first-order chi connectivity index (χ1) is 24.0. The summed E-state index contributed by atoms with van der Waals surface area (Å²) >= 11 is 0. The van der Waals surface area contributed by atoms with E-state index in [4.69, 9.17) is 18.5 Å². The molecule has 9 nitrogen and oxygen atoms in total. The molecule has 0 amide bonds. The third-order valence-corrected chi connectivity index (χ3v) is 9.47. The van der Waals surface area contributed by atoms with Gasteiger partial charge in [0, 0.05) is 12.8 Å². The highest BCUT2D eigenvalue weighted by Gasteiger charge is 2.27. The van der Waals surface area contributed by atoms with Crippen LogP contribution in [0, 0.1) is 0 Å². The maximum Gasteiger partial charge on any atom is 0.472 e. The number of hydrogen-bond acceptors (Lipinski definition) is 7. The molecule has 0 aromatic carbocycles. The zero-order valence-corrected chi connectivity index (χ0v) is 33.8. The molecular formula is C40H77NO8P+. The molecule has 0 aliphatic heterocycles. The quantitative estimate of drug-likeness (QED) is 0.0223. The van der Waals surface area contributed by atoms with E-state index >= 15 is 0 Å². The number of nitrogens with zero attached hydrogens (tertiary/aromatic N) is 1. The molecule has 0 fully saturated rings. The van der Waals surface area contributed by atoms with Crippen LogP contribution in [0.1, 0.15) is 168 Å². The van der Waals surface area contributed by atoms with Gasteiger partial charge in [0.25, 0.3) is 0 Å². The molecule has 10 heteroatoms. The topological polar surface area (TPSA) is 108 Å². The van der Waals surface area contributed by atoms with Gasteiger partial charge in [-0.1, -0.05) is 134 Å². The molecule has 0 saturated heterocycles. The molecule has 0 spiro atoms. The predicted molar refractivity (Wildman–Crippen MR) is 206 cm³/mol. The summed E-state index contributed by atoms with van der Waals surface area (Å²) in [5.41, 5.74) is 0. The van der Waals surface area contributed by atoms with Crippen LogP contribution in [0.25, 0.3) is 0 Å². The lowest BCUT2D eigenvalue weighted by atomic mass is 10.1. The number of phosphoric acid groups is 1. The van der Waals surface area contributed by atoms with Crippen molar-refractivity contribution >= 4 is 19.8 Å². The van der Waals surface area contributed by atoms with Crippen molar-refractivity contribution in [3.05, 3.63) is 24.3 Å². The van der Waals surface area contributed by atoms with Crippen LogP contribution in [-0.2, 0) is 32.7 Å². The summed E-state index contributed by atoms with van der Waals surface area (Å²) in [5.74, 6) is -0.809. The summed E-state index contributed by atoms with van der Waals surface area (Å²) in [6.45, 7) is 4.34. The zero-order valence-electron chi connectivity index (χ0n) is 32.9. The van der Waals surface area contributed by atoms with E-state index in [0.29, 0.717) is 17.4 Å². The second-order valence-electron chi connectivity index (χ2n) is 14.7. The molecule has 1 N–H and O–H groups in total. The number of carbonyl (C=O) groups is 2. The lowest BCUT2D eigenvalue weighted by Crippen LogP contribution is -2.37. The Labute approximate surface area is 307 Å². The molecule has 294 valence electrons. The molecule has 0 aromatic heterocycles. The van der Waals surface area contributed by atoms with Crippen molar-refractivity contribution in [2.75, 3.05) is 47.5 Å². The number of allylic oxidation sites excluding steroid dienone is 4. The van der Waals surface area contributed by atoms with Gasteiger partial charge in [-0.15, -0.1) is 0 Å². The molecule has 0 radical (unpaired) electrons. The Morgan fingerprint density at radius 3 is 1.62 bits per heavy atom. The minimum Gasteiger partial charge on any atom is -0.462 e. The fourth-order valence-corrected chi connectivity index (χ4v) is 6.02. The standard InChI is InChI=1S/C40H76NO8P/c1-6-8-10-12-14-15-16-17-18-19-20-21-22-23-24-25-27-29-31-33-40(43)49-38(37-48-50(44,45)47-35-34-41(3,4)5)36-46-39(42)32-30-28-26-13-11-9-7-2/h14-15,17-18,38H,6-13,16,19-37H2,1-5H3/p+1/b15-14+,18-17+/t38-/m1/s1. The number of unbranched alkanes of at least 4 members (excludes halogenated alkanes) is 18. The van der Waals surface area contributed by atoms with Gasteiger partial charge in [-0.2, -0.15) is 0 Å². The Morgan fingerprint density at radius 2 is 1.08 bits per heavy atom. The summed E-state index contributed by atoms with van der Waals surface area (Å²) in [6.07, 6.45) is 33.8. The fourth-order valence-electron chi connectivity index (χ4n) is 5.28. The number of quaternary nitrogens is 1. The first-order valence-corrected chi connectivity index (χ1v) is 21.6. The Bertz CT molecular complexity index is 918. The van der Waals surface area contributed by atoms with Crippen LogP contribution in [0.2, 0.25) is 0 Å². The van der Waals surface area contributed by atoms with Gasteiger partial charge in [0.1, 0.15) is 19.8 Å². The van der Waals surface area contributed by atoms with E-state index in [-0.39, 0.29) is 32.0 Å². The molecule has 2 atom stereocenters. The first-order valence-electron chi connectivity index (χ1n) is 20.1. The number of phosphoric ester groups is 1. The van der Waals surface area contributed by atoms with E-state index in [2.05, 4.69) is 38.2 Å². The number of esters is 2. The molecule has 0 heterocycles. The number of ether oxygens (including phenoxy) is 2. The lowest BCUT2D eigenvalue weighted by molar-refractivity contribution is -0.870. The SMILES string of the molecule is CCCCC/C=C/C/C=C/CCCCCCCCCCCC(=O)O[C@H](COC(=O)CCCCCCCCC)COP(=O)(O)OCC[N+](C)(C)C. The van der Waals surface area contributed by atoms with Crippen molar-refractivity contribution < 1.29 is 42.1 Å². The van der Waals surface area contributed by atoms with Gasteiger partial charge >= 0.3 is 19.8 Å². The van der Waals surface area contributed by atoms with Crippen LogP contribution in [0.15, 0.2) is 24.3 Å². The van der Waals surface area contributed by atoms with E-state index < -0.39 is 26.5 Å². The van der Waals surface area contributed by atoms with Crippen molar-refractivity contribution in [1.29, 1.82) is 0 Å². The van der Waals surface area contributed by atoms with E-state index in [9.17, 15) is 19.0 Å². The normalized spacial score (nSPS) is 14.0. The van der Waals surface area contributed by atoms with Crippen LogP contribution >= 0.6 is 7.82 Å². The van der Waals surface area contributed by atoms with Gasteiger partial charge in [-0.05, 0) is 44.9 Å². The van der Waals surface area contributed by atoms with Crippen LogP contribution in [0.3, 0.4) is 0 Å². The number of rotatable bonds is 36. The third kappa shape index (κ3) is 36.3. The number of likely N-dealkylation sites (N-methyl/N-ethyl adjacent to an activating group) is 1. The highest BCUT2D eigenvalue weighted by molar-refractivity contribution is 7.47. The number of carbonyl (C=O) groups excluding carboxylic acids is 2. The first kappa shape index (κ1) is 48.5. The monoisotopic (exact) mass is 731 g/mol. The molecule has 1 unspecified atom stereocenters. The van der Waals surface area contributed by atoms with Crippen LogP contribution < -0.4 is 0 Å². The second-order valence-corrected chi connectivity index (χ2v) is 16.1. The lowest BCUT2D eigenvalue weighted by Gasteiger charge is -2.24. The second kappa shape index (κ2) is 33.3. The maximum absolute atomic E-state index is 12.6. The van der Waals surface area contributed by atoms with Crippen LogP contribution in [0.4, 0.5) is 0 Å². The minimum absolute atomic E-state index is 0.0321. The smallest absolute Gasteiger partial charge is 0.462 e. The average Bonchev–Trinajstić information content (AvgIpc) is 3.06. The van der Waals surface area contributed by atoms with Crippen LogP contribution in [0.5, 0.6) is 0 Å². The van der Waals surface area contributed by atoms with Gasteiger partial charge in [0.15, 0.2) is 6.10 Å². The van der Waals surface area contributed by atoms with E-state index in [1.807, 2.05) is 21.1 Å². The Hall–Kier alpha value is -1.51. The predicted octanol–water partition coefficient (Wildman–Crippen LogP) is 10.8. The van der Waals surface area contributed by atoms with E-state index in [0.717, 1.165) is 44.9 Å². The molecule has 0 aliphatic rings. The van der Waals surface area contributed by atoms with Crippen LogP contribution in [-0.4, -0.2) is 74.9 Å². The average molecular weight is 731 g/mol. The van der Waals surface area contributed by atoms with Crippen molar-refractivity contribution in [2.45, 2.75) is 174 Å². The molecule has 0 saturated carbocycles. The summed E-state index contributed by atoms with van der Waals surface area (Å²) in [4.78, 5) is 35.1. The molecule has 0 rings (SSSR count). The molecule has 50 heavy (non-hydrogen) atoms. The van der Waals surface area contributed by atoms with Crippen molar-refractivity contribution in [3.63, 3.8) is 0 Å². The molecular weight excluding hydrogens is 653 g/mol. The minimum atomic E-state index is -4.36. The summed E-state index contributed by atoms with van der Waals surface area (Å²) < 4.78 is 34.1. The fraction of sp³-hybridized carbons (Fsp3) is 0.850. The third-order valence-electron chi connectivity index (χ3n) is 8.48. The maximum atomic E-state index is 12.6. The summed E-state index contributed by atoms with van der Waals surface area (Å²) in [5, 5.41) is 0. The Kier molecular flexibility index (Phi) is 32.3. The van der Waals surface area contributed by atoms with Gasteiger partial charge in [-0.3, -0.25) is 18.6 Å². The highest BCUT2D eigenvalue weighted by Crippen LogP contribution is 2.43. The number of hydrogen-bond donors (Lipinski definition) is 1. The van der Waals surface area contributed by atoms with Gasteiger partial charge < -0.3 is 18.9 Å². The summed E-state index contributed by atoms with van der Waals surface area (Å²) in [7, 11) is 1.47. The van der Waals surface area contributed by atoms with Crippen molar-refractivity contribution in [1.82, 2.24) is 0 Å². The molecule has 0 aromatic rings. The molecule has 0 bridgehead atoms. The highest BCUT2D eigenvalue weighted by atomic mass is 31.2. The van der Waals surface area contributed by atoms with Gasteiger partial charge in [0.05, 0.1) is 27.7 Å². The van der Waals surface area contributed by atoms with E-state index in [1.165, 1.54) is 89.9 Å². The van der Waals surface area contributed by atoms with Crippen molar-refractivity contribution in [2.24, 2.45) is 0 Å².